The number of halogens is 1. The highest BCUT2D eigenvalue weighted by Gasteiger charge is 2.24. The number of benzene rings is 1. The Hall–Kier alpha value is -2.45. The van der Waals surface area contributed by atoms with Gasteiger partial charge in [-0.25, -0.2) is 17.4 Å². The van der Waals surface area contributed by atoms with Crippen LogP contribution in [0.1, 0.15) is 15.9 Å². The van der Waals surface area contributed by atoms with Crippen LogP contribution in [0.3, 0.4) is 0 Å². The van der Waals surface area contributed by atoms with E-state index in [1.165, 1.54) is 18.5 Å². The molecule has 0 saturated carbocycles. The zero-order chi connectivity index (χ0) is 19.8. The van der Waals surface area contributed by atoms with Gasteiger partial charge in [-0.2, -0.15) is 0 Å². The van der Waals surface area contributed by atoms with Crippen molar-refractivity contribution in [1.82, 2.24) is 13.9 Å². The van der Waals surface area contributed by atoms with Gasteiger partial charge in [-0.15, -0.1) is 0 Å². The molecule has 3 aromatic rings. The fourth-order valence-electron chi connectivity index (χ4n) is 2.56. The van der Waals surface area contributed by atoms with Crippen molar-refractivity contribution in [3.63, 3.8) is 0 Å². The van der Waals surface area contributed by atoms with Crippen molar-refractivity contribution in [1.29, 1.82) is 0 Å². The molecule has 0 amide bonds. The van der Waals surface area contributed by atoms with Crippen LogP contribution in [0.2, 0.25) is 0 Å². The highest BCUT2D eigenvalue weighted by atomic mass is 79.9. The van der Waals surface area contributed by atoms with Gasteiger partial charge < -0.3 is 4.90 Å². The average Bonchev–Trinajstić information content (AvgIpc) is 2.99. The molecule has 27 heavy (non-hydrogen) atoms. The van der Waals surface area contributed by atoms with Gasteiger partial charge in [-0.05, 0) is 41.1 Å². The van der Waals surface area contributed by atoms with Crippen molar-refractivity contribution in [2.45, 2.75) is 11.8 Å². The summed E-state index contributed by atoms with van der Waals surface area (Å²) in [5.74, 6) is -0.300. The number of carbonyl (C=O) groups is 1. The maximum absolute atomic E-state index is 13.1. The molecule has 2 aromatic heterocycles. The van der Waals surface area contributed by atoms with E-state index in [1.807, 2.05) is 6.92 Å². The Bertz CT molecular complexity index is 1150. The van der Waals surface area contributed by atoms with Gasteiger partial charge in [0.2, 0.25) is 0 Å². The second kappa shape index (κ2) is 7.28. The van der Waals surface area contributed by atoms with Gasteiger partial charge in [0, 0.05) is 48.6 Å². The van der Waals surface area contributed by atoms with Gasteiger partial charge >= 0.3 is 0 Å². The third kappa shape index (κ3) is 3.81. The molecule has 2 heterocycles. The monoisotopic (exact) mass is 447 g/mol. The minimum atomic E-state index is -3.89. The lowest BCUT2D eigenvalue weighted by Crippen LogP contribution is -2.12. The average molecular weight is 448 g/mol. The van der Waals surface area contributed by atoms with Crippen LogP contribution in [0, 0.1) is 6.92 Å². The Labute approximate surface area is 166 Å². The molecular weight excluding hydrogens is 430 g/mol. The number of pyridine rings is 1. The molecule has 3 rings (SSSR count). The maximum Gasteiger partial charge on any atom is 0.269 e. The van der Waals surface area contributed by atoms with Crippen molar-refractivity contribution in [2.24, 2.45) is 0 Å². The Balaban J connectivity index is 2.22. The lowest BCUT2D eigenvalue weighted by atomic mass is 10.1. The fourth-order valence-corrected chi connectivity index (χ4v) is 4.22. The second-order valence-electron chi connectivity index (χ2n) is 6.32. The van der Waals surface area contributed by atoms with Crippen molar-refractivity contribution in [3.05, 3.63) is 70.6 Å². The number of ketones is 1. The molecular formula is C19H18BrN3O3S. The van der Waals surface area contributed by atoms with Gasteiger partial charge in [0.15, 0.2) is 11.4 Å². The number of aryl methyl sites for hydroxylation is 1. The van der Waals surface area contributed by atoms with Gasteiger partial charge in [-0.3, -0.25) is 4.79 Å². The van der Waals surface area contributed by atoms with Gasteiger partial charge in [0.1, 0.15) is 0 Å². The largest absolute Gasteiger partial charge is 0.383 e. The first-order chi connectivity index (χ1) is 12.7. The predicted molar refractivity (Wildman–Crippen MR) is 108 cm³/mol. The van der Waals surface area contributed by atoms with Crippen LogP contribution in [0.15, 0.2) is 64.4 Å². The minimum Gasteiger partial charge on any atom is -0.383 e. The Morgan fingerprint density at radius 2 is 1.89 bits per heavy atom. The highest BCUT2D eigenvalue weighted by molar-refractivity contribution is 9.10. The summed E-state index contributed by atoms with van der Waals surface area (Å²) < 4.78 is 28.0. The van der Waals surface area contributed by atoms with E-state index < -0.39 is 10.0 Å². The van der Waals surface area contributed by atoms with Gasteiger partial charge in [0.05, 0.1) is 10.5 Å². The summed E-state index contributed by atoms with van der Waals surface area (Å²) in [6, 6.07) is 8.24. The number of fused-ring (bicyclic) bond motifs is 1. The van der Waals surface area contributed by atoms with Crippen LogP contribution in [0.4, 0.5) is 0 Å². The summed E-state index contributed by atoms with van der Waals surface area (Å²) in [5, 5.41) is 0.466. The molecule has 0 aliphatic rings. The molecule has 0 spiro atoms. The molecule has 0 fully saturated rings. The third-order valence-corrected chi connectivity index (χ3v) is 6.04. The van der Waals surface area contributed by atoms with E-state index in [-0.39, 0.29) is 21.9 Å². The van der Waals surface area contributed by atoms with Crippen LogP contribution >= 0.6 is 15.9 Å². The first-order valence-electron chi connectivity index (χ1n) is 8.08. The molecule has 6 nitrogen and oxygen atoms in total. The lowest BCUT2D eigenvalue weighted by Gasteiger charge is -2.07. The molecule has 0 aliphatic carbocycles. The zero-order valence-electron chi connectivity index (χ0n) is 15.0. The summed E-state index contributed by atoms with van der Waals surface area (Å²) in [4.78, 5) is 18.7. The quantitative estimate of drug-likeness (QED) is 0.441. The summed E-state index contributed by atoms with van der Waals surface area (Å²) in [6.45, 7) is 1.88. The zero-order valence-corrected chi connectivity index (χ0v) is 17.5. The molecule has 0 aliphatic heterocycles. The molecule has 1 aromatic carbocycles. The predicted octanol–water partition coefficient (Wildman–Crippen LogP) is 3.60. The molecule has 140 valence electrons. The standard InChI is InChI=1S/C19H18BrN3O3S/c1-13-4-6-15(7-5-13)27(25,26)23-12-17(18(24)8-9-22(2)3)16-10-14(20)11-21-19(16)23/h4-12H,1-3H3/b9-8+. The summed E-state index contributed by atoms with van der Waals surface area (Å²) in [6.07, 6.45) is 5.86. The number of hydrogen-bond acceptors (Lipinski definition) is 5. The number of hydrogen-bond donors (Lipinski definition) is 0. The SMILES string of the molecule is Cc1ccc(S(=O)(=O)n2cc(C(=O)/C=C/N(C)C)c3cc(Br)cnc32)cc1. The van der Waals surface area contributed by atoms with Crippen molar-refractivity contribution < 1.29 is 13.2 Å². The normalized spacial score (nSPS) is 12.0. The Kier molecular flexibility index (Phi) is 5.21. The molecule has 0 N–H and O–H groups in total. The van der Waals surface area contributed by atoms with E-state index in [4.69, 9.17) is 0 Å². The molecule has 0 bridgehead atoms. The second-order valence-corrected chi connectivity index (χ2v) is 9.06. The van der Waals surface area contributed by atoms with Crippen molar-refractivity contribution in [2.75, 3.05) is 14.1 Å². The first kappa shape index (κ1) is 19.3. The number of aromatic nitrogens is 2. The van der Waals surface area contributed by atoms with Crippen LogP contribution in [0.25, 0.3) is 11.0 Å². The summed E-state index contributed by atoms with van der Waals surface area (Å²) in [5.41, 5.74) is 1.44. The van der Waals surface area contributed by atoms with E-state index in [0.717, 1.165) is 9.54 Å². The van der Waals surface area contributed by atoms with Gasteiger partial charge in [-0.1, -0.05) is 17.7 Å². The van der Waals surface area contributed by atoms with Crippen molar-refractivity contribution in [3.8, 4) is 0 Å². The van der Waals surface area contributed by atoms with Crippen LogP contribution < -0.4 is 0 Å². The van der Waals surface area contributed by atoms with E-state index in [2.05, 4.69) is 20.9 Å². The van der Waals surface area contributed by atoms with E-state index in [9.17, 15) is 13.2 Å². The Morgan fingerprint density at radius 3 is 2.52 bits per heavy atom. The molecule has 8 heteroatoms. The number of nitrogens with zero attached hydrogens (tertiary/aromatic N) is 3. The maximum atomic E-state index is 13.1. The summed E-state index contributed by atoms with van der Waals surface area (Å²) in [7, 11) is -0.290. The number of rotatable bonds is 5. The van der Waals surface area contributed by atoms with E-state index in [1.54, 1.807) is 55.5 Å². The molecule has 0 saturated heterocycles. The molecule has 0 unspecified atom stereocenters. The number of allylic oxidation sites excluding steroid dienone is 1. The first-order valence-corrected chi connectivity index (χ1v) is 10.3. The summed E-state index contributed by atoms with van der Waals surface area (Å²) >= 11 is 3.33. The molecule has 0 radical (unpaired) electrons. The Morgan fingerprint density at radius 1 is 1.22 bits per heavy atom. The minimum absolute atomic E-state index is 0.137. The third-order valence-electron chi connectivity index (χ3n) is 3.95. The van der Waals surface area contributed by atoms with E-state index in [0.29, 0.717) is 9.86 Å². The number of carbonyl (C=O) groups excluding carboxylic acids is 1. The highest BCUT2D eigenvalue weighted by Crippen LogP contribution is 2.27. The smallest absolute Gasteiger partial charge is 0.269 e. The van der Waals surface area contributed by atoms with Crippen molar-refractivity contribution >= 4 is 42.8 Å². The van der Waals surface area contributed by atoms with Crippen LogP contribution in [-0.2, 0) is 10.0 Å². The molecule has 0 atom stereocenters. The van der Waals surface area contributed by atoms with Crippen LogP contribution in [-0.4, -0.2) is 42.2 Å². The topological polar surface area (TPSA) is 72.3 Å². The lowest BCUT2D eigenvalue weighted by molar-refractivity contribution is 0.104. The van der Waals surface area contributed by atoms with E-state index >= 15 is 0 Å². The van der Waals surface area contributed by atoms with Crippen LogP contribution in [0.5, 0.6) is 0 Å². The van der Waals surface area contributed by atoms with Gasteiger partial charge in [0.25, 0.3) is 10.0 Å². The fraction of sp³-hybridized carbons (Fsp3) is 0.158.